The molecule has 0 aromatic heterocycles. The molecule has 0 aliphatic carbocycles. The first-order chi connectivity index (χ1) is 10.7. The van der Waals surface area contributed by atoms with Crippen LogP contribution in [-0.2, 0) is 6.61 Å². The first-order valence-corrected chi connectivity index (χ1v) is 7.44. The third-order valence-electron chi connectivity index (χ3n) is 2.82. The largest absolute Gasteiger partial charge is 0.489 e. The Morgan fingerprint density at radius 1 is 1.27 bits per heavy atom. The standard InChI is InChI=1S/C16H16ClN3OS/c1-18-16(22)20-19-10-12-5-4-7-14(9-12)21-11-13-6-2-3-8-15(13)17/h2-10H,11H2,1H3,(H2,18,20,22). The molecule has 0 radical (unpaired) electrons. The minimum Gasteiger partial charge on any atom is -0.489 e. The number of halogens is 1. The van der Waals surface area contributed by atoms with Gasteiger partial charge in [0, 0.05) is 17.6 Å². The molecule has 0 spiro atoms. The van der Waals surface area contributed by atoms with Crippen LogP contribution in [0.1, 0.15) is 11.1 Å². The first-order valence-electron chi connectivity index (χ1n) is 6.66. The Kier molecular flexibility index (Phi) is 6.18. The Bertz CT molecular complexity index is 676. The van der Waals surface area contributed by atoms with E-state index in [4.69, 9.17) is 28.6 Å². The zero-order valence-electron chi connectivity index (χ0n) is 12.0. The molecule has 0 saturated carbocycles. The third kappa shape index (κ3) is 5.02. The molecule has 22 heavy (non-hydrogen) atoms. The minimum absolute atomic E-state index is 0.419. The number of nitrogens with one attached hydrogen (secondary N) is 2. The van der Waals surface area contributed by atoms with E-state index in [2.05, 4.69) is 15.8 Å². The highest BCUT2D eigenvalue weighted by atomic mass is 35.5. The summed E-state index contributed by atoms with van der Waals surface area (Å²) in [5.74, 6) is 0.750. The van der Waals surface area contributed by atoms with Gasteiger partial charge in [0.15, 0.2) is 5.11 Å². The zero-order chi connectivity index (χ0) is 15.8. The normalized spacial score (nSPS) is 10.5. The van der Waals surface area contributed by atoms with Crippen molar-refractivity contribution in [3.05, 3.63) is 64.7 Å². The molecule has 4 nitrogen and oxygen atoms in total. The highest BCUT2D eigenvalue weighted by Gasteiger charge is 2.01. The first kappa shape index (κ1) is 16.3. The van der Waals surface area contributed by atoms with Crippen molar-refractivity contribution >= 4 is 35.1 Å². The highest BCUT2D eigenvalue weighted by Crippen LogP contribution is 2.19. The van der Waals surface area contributed by atoms with Crippen LogP contribution < -0.4 is 15.5 Å². The Labute approximate surface area is 140 Å². The Hall–Kier alpha value is -2.11. The summed E-state index contributed by atoms with van der Waals surface area (Å²) in [6.07, 6.45) is 1.67. The summed E-state index contributed by atoms with van der Waals surface area (Å²) in [5.41, 5.74) is 4.55. The van der Waals surface area contributed by atoms with Crippen LogP contribution >= 0.6 is 23.8 Å². The predicted octanol–water partition coefficient (Wildman–Crippen LogP) is 3.35. The van der Waals surface area contributed by atoms with Crippen LogP contribution in [0.3, 0.4) is 0 Å². The fourth-order valence-corrected chi connectivity index (χ4v) is 1.93. The molecular weight excluding hydrogens is 318 g/mol. The minimum atomic E-state index is 0.419. The molecule has 0 aliphatic rings. The summed E-state index contributed by atoms with van der Waals surface area (Å²) in [5, 5.41) is 7.97. The van der Waals surface area contributed by atoms with Crippen molar-refractivity contribution in [3.8, 4) is 5.75 Å². The quantitative estimate of drug-likeness (QED) is 0.500. The maximum absolute atomic E-state index is 6.11. The highest BCUT2D eigenvalue weighted by molar-refractivity contribution is 7.80. The second-order valence-electron chi connectivity index (χ2n) is 4.40. The molecule has 6 heteroatoms. The number of nitrogens with zero attached hydrogens (tertiary/aromatic N) is 1. The molecule has 2 rings (SSSR count). The predicted molar refractivity (Wildman–Crippen MR) is 94.6 cm³/mol. The fourth-order valence-electron chi connectivity index (χ4n) is 1.68. The SMILES string of the molecule is CNC(=S)NN=Cc1cccc(OCc2ccccc2Cl)c1. The smallest absolute Gasteiger partial charge is 0.186 e. The van der Waals surface area contributed by atoms with E-state index in [1.54, 1.807) is 13.3 Å². The summed E-state index contributed by atoms with van der Waals surface area (Å²) in [6.45, 7) is 0.419. The number of rotatable bonds is 5. The number of hydrogen-bond donors (Lipinski definition) is 2. The summed E-state index contributed by atoms with van der Waals surface area (Å²) in [4.78, 5) is 0. The molecule has 0 unspecified atom stereocenters. The van der Waals surface area contributed by atoms with Crippen molar-refractivity contribution in [1.29, 1.82) is 0 Å². The van der Waals surface area contributed by atoms with Gasteiger partial charge >= 0.3 is 0 Å². The maximum Gasteiger partial charge on any atom is 0.186 e. The van der Waals surface area contributed by atoms with Gasteiger partial charge in [-0.15, -0.1) is 0 Å². The maximum atomic E-state index is 6.11. The number of benzene rings is 2. The van der Waals surface area contributed by atoms with E-state index in [1.165, 1.54) is 0 Å². The van der Waals surface area contributed by atoms with Gasteiger partial charge in [-0.2, -0.15) is 5.10 Å². The Morgan fingerprint density at radius 3 is 2.86 bits per heavy atom. The van der Waals surface area contributed by atoms with E-state index < -0.39 is 0 Å². The molecule has 114 valence electrons. The van der Waals surface area contributed by atoms with Gasteiger partial charge in [-0.25, -0.2) is 0 Å². The molecule has 0 heterocycles. The van der Waals surface area contributed by atoms with Gasteiger partial charge in [0.2, 0.25) is 0 Å². The molecule has 0 fully saturated rings. The monoisotopic (exact) mass is 333 g/mol. The molecule has 0 saturated heterocycles. The van der Waals surface area contributed by atoms with Gasteiger partial charge in [-0.3, -0.25) is 5.43 Å². The third-order valence-corrected chi connectivity index (χ3v) is 3.48. The van der Waals surface area contributed by atoms with Crippen molar-refractivity contribution in [3.63, 3.8) is 0 Å². The summed E-state index contributed by atoms with van der Waals surface area (Å²) < 4.78 is 5.76. The molecule has 2 aromatic rings. The van der Waals surface area contributed by atoms with Crippen molar-refractivity contribution in [2.75, 3.05) is 7.05 Å². The van der Waals surface area contributed by atoms with Crippen LogP contribution in [0.5, 0.6) is 5.75 Å². The van der Waals surface area contributed by atoms with Gasteiger partial charge in [0.05, 0.1) is 6.21 Å². The molecule has 0 atom stereocenters. The lowest BCUT2D eigenvalue weighted by Crippen LogP contribution is -2.28. The van der Waals surface area contributed by atoms with Crippen LogP contribution in [0.2, 0.25) is 5.02 Å². The fraction of sp³-hybridized carbons (Fsp3) is 0.125. The summed E-state index contributed by atoms with van der Waals surface area (Å²) in [6, 6.07) is 15.2. The van der Waals surface area contributed by atoms with E-state index in [9.17, 15) is 0 Å². The van der Waals surface area contributed by atoms with E-state index in [-0.39, 0.29) is 0 Å². The lowest BCUT2D eigenvalue weighted by molar-refractivity contribution is 0.306. The van der Waals surface area contributed by atoms with Crippen molar-refractivity contribution < 1.29 is 4.74 Å². The number of thiocarbonyl (C=S) groups is 1. The zero-order valence-corrected chi connectivity index (χ0v) is 13.6. The van der Waals surface area contributed by atoms with E-state index in [0.29, 0.717) is 16.7 Å². The molecule has 2 N–H and O–H groups in total. The van der Waals surface area contributed by atoms with E-state index >= 15 is 0 Å². The Balaban J connectivity index is 1.97. The van der Waals surface area contributed by atoms with E-state index in [0.717, 1.165) is 16.9 Å². The average Bonchev–Trinajstić information content (AvgIpc) is 2.54. The van der Waals surface area contributed by atoms with Crippen LogP contribution in [0.25, 0.3) is 0 Å². The van der Waals surface area contributed by atoms with Gasteiger partial charge in [-0.1, -0.05) is 41.9 Å². The average molecular weight is 334 g/mol. The van der Waals surface area contributed by atoms with Crippen molar-refractivity contribution in [2.45, 2.75) is 6.61 Å². The van der Waals surface area contributed by atoms with Gasteiger partial charge < -0.3 is 10.1 Å². The molecule has 0 aliphatic heterocycles. The van der Waals surface area contributed by atoms with Crippen LogP contribution in [-0.4, -0.2) is 18.4 Å². The molecule has 0 bridgehead atoms. The van der Waals surface area contributed by atoms with Gasteiger partial charge in [-0.05, 0) is 36.0 Å². The Morgan fingerprint density at radius 2 is 2.09 bits per heavy atom. The molecular formula is C16H16ClN3OS. The summed E-state index contributed by atoms with van der Waals surface area (Å²) >= 11 is 11.0. The van der Waals surface area contributed by atoms with Gasteiger partial charge in [0.1, 0.15) is 12.4 Å². The van der Waals surface area contributed by atoms with E-state index in [1.807, 2.05) is 48.5 Å². The number of hydrazone groups is 1. The van der Waals surface area contributed by atoms with Crippen LogP contribution in [0.15, 0.2) is 53.6 Å². The second kappa shape index (κ2) is 8.36. The lowest BCUT2D eigenvalue weighted by atomic mass is 10.2. The second-order valence-corrected chi connectivity index (χ2v) is 5.22. The van der Waals surface area contributed by atoms with Crippen LogP contribution in [0.4, 0.5) is 0 Å². The van der Waals surface area contributed by atoms with Crippen LogP contribution in [0, 0.1) is 0 Å². The molecule has 0 amide bonds. The number of hydrogen-bond acceptors (Lipinski definition) is 3. The van der Waals surface area contributed by atoms with Crippen molar-refractivity contribution in [1.82, 2.24) is 10.7 Å². The lowest BCUT2D eigenvalue weighted by Gasteiger charge is -2.08. The van der Waals surface area contributed by atoms with Crippen molar-refractivity contribution in [2.24, 2.45) is 5.10 Å². The van der Waals surface area contributed by atoms with Gasteiger partial charge in [0.25, 0.3) is 0 Å². The topological polar surface area (TPSA) is 45.7 Å². The summed E-state index contributed by atoms with van der Waals surface area (Å²) in [7, 11) is 1.73. The molecule has 2 aromatic carbocycles. The number of ether oxygens (including phenoxy) is 1.